The molecule has 0 radical (unpaired) electrons. The summed E-state index contributed by atoms with van der Waals surface area (Å²) in [7, 11) is 0. The Morgan fingerprint density at radius 2 is 2.11 bits per heavy atom. The molecule has 110 valence electrons. The lowest BCUT2D eigenvalue weighted by Gasteiger charge is -2.38. The molecule has 0 saturated carbocycles. The lowest BCUT2D eigenvalue weighted by Crippen LogP contribution is -2.54. The Bertz CT molecular complexity index is 320. The van der Waals surface area contributed by atoms with E-state index in [2.05, 4.69) is 12.2 Å². The van der Waals surface area contributed by atoms with Crippen molar-refractivity contribution in [3.8, 4) is 0 Å². The van der Waals surface area contributed by atoms with Gasteiger partial charge in [0.25, 0.3) is 0 Å². The van der Waals surface area contributed by atoms with Gasteiger partial charge in [-0.1, -0.05) is 26.7 Å². The smallest absolute Gasteiger partial charge is 0.326 e. The molecule has 1 aliphatic rings. The van der Waals surface area contributed by atoms with E-state index in [1.165, 1.54) is 0 Å². The van der Waals surface area contributed by atoms with Gasteiger partial charge in [-0.05, 0) is 32.1 Å². The molecule has 0 aromatic carbocycles. The van der Waals surface area contributed by atoms with Gasteiger partial charge in [0.2, 0.25) is 0 Å². The number of nitrogens with zero attached hydrogens (tertiary/aromatic N) is 1. The second kappa shape index (κ2) is 7.36. The summed E-state index contributed by atoms with van der Waals surface area (Å²) in [5.74, 6) is -0.474. The zero-order chi connectivity index (χ0) is 14.4. The number of aliphatic carboxylic acids is 1. The Kier molecular flexibility index (Phi) is 6.12. The highest BCUT2D eigenvalue weighted by Crippen LogP contribution is 2.22. The van der Waals surface area contributed by atoms with Gasteiger partial charge < -0.3 is 15.3 Å². The van der Waals surface area contributed by atoms with Crippen LogP contribution in [0.5, 0.6) is 0 Å². The molecule has 0 spiro atoms. The van der Waals surface area contributed by atoms with E-state index in [1.807, 2.05) is 13.8 Å². The maximum Gasteiger partial charge on any atom is 0.326 e. The van der Waals surface area contributed by atoms with Crippen LogP contribution >= 0.6 is 0 Å². The van der Waals surface area contributed by atoms with Crippen molar-refractivity contribution in [3.05, 3.63) is 0 Å². The predicted molar refractivity (Wildman–Crippen MR) is 74.0 cm³/mol. The summed E-state index contributed by atoms with van der Waals surface area (Å²) in [6.07, 6.45) is 4.35. The predicted octanol–water partition coefficient (Wildman–Crippen LogP) is 2.46. The quantitative estimate of drug-likeness (QED) is 0.806. The molecule has 1 saturated heterocycles. The zero-order valence-corrected chi connectivity index (χ0v) is 12.2. The van der Waals surface area contributed by atoms with Crippen molar-refractivity contribution in [1.82, 2.24) is 10.2 Å². The van der Waals surface area contributed by atoms with Gasteiger partial charge in [0, 0.05) is 12.6 Å². The maximum atomic E-state index is 12.2. The molecule has 5 nitrogen and oxygen atoms in total. The van der Waals surface area contributed by atoms with Crippen LogP contribution in [-0.4, -0.2) is 40.6 Å². The van der Waals surface area contributed by atoms with Crippen LogP contribution in [0.15, 0.2) is 0 Å². The summed E-state index contributed by atoms with van der Waals surface area (Å²) in [5.41, 5.74) is 0. The average Bonchev–Trinajstić information content (AvgIpc) is 2.37. The third kappa shape index (κ3) is 4.40. The molecule has 0 aliphatic carbocycles. The number of carbonyl (C=O) groups excluding carboxylic acids is 1. The van der Waals surface area contributed by atoms with Gasteiger partial charge >= 0.3 is 12.0 Å². The van der Waals surface area contributed by atoms with Crippen LogP contribution in [0, 0.1) is 5.92 Å². The Morgan fingerprint density at radius 1 is 1.42 bits per heavy atom. The first kappa shape index (κ1) is 15.8. The summed E-state index contributed by atoms with van der Waals surface area (Å²) in [4.78, 5) is 25.1. The third-order valence-electron chi connectivity index (χ3n) is 4.08. The second-order valence-electron chi connectivity index (χ2n) is 5.54. The van der Waals surface area contributed by atoms with Crippen molar-refractivity contribution in [3.63, 3.8) is 0 Å². The number of carboxylic acids is 1. The Balaban J connectivity index is 2.58. The van der Waals surface area contributed by atoms with Crippen molar-refractivity contribution in [2.45, 2.75) is 65.0 Å². The lowest BCUT2D eigenvalue weighted by molar-refractivity contribution is -0.139. The average molecular weight is 270 g/mol. The van der Waals surface area contributed by atoms with E-state index in [-0.39, 0.29) is 12.1 Å². The fraction of sp³-hybridized carbons (Fsp3) is 0.857. The largest absolute Gasteiger partial charge is 0.480 e. The zero-order valence-electron chi connectivity index (χ0n) is 12.2. The van der Waals surface area contributed by atoms with E-state index in [1.54, 1.807) is 4.90 Å². The molecule has 1 rings (SSSR count). The first-order valence-corrected chi connectivity index (χ1v) is 7.27. The van der Waals surface area contributed by atoms with Gasteiger partial charge in [-0.3, -0.25) is 0 Å². The van der Waals surface area contributed by atoms with E-state index >= 15 is 0 Å². The van der Waals surface area contributed by atoms with Crippen LogP contribution in [0.1, 0.15) is 52.9 Å². The number of urea groups is 1. The van der Waals surface area contributed by atoms with E-state index < -0.39 is 12.0 Å². The highest BCUT2D eigenvalue weighted by Gasteiger charge is 2.30. The van der Waals surface area contributed by atoms with Crippen LogP contribution in [0.4, 0.5) is 4.79 Å². The first-order valence-electron chi connectivity index (χ1n) is 7.27. The standard InChI is InChI=1S/C14H26N2O3/c1-4-5-8-12(13(17)18)15-14(19)16-9-6-7-10(2)11(16)3/h10-12H,4-9H2,1-3H3,(H,15,19)(H,17,18)/t10?,11?,12-/m0/s1. The van der Waals surface area contributed by atoms with Gasteiger partial charge in [0.05, 0.1) is 0 Å². The summed E-state index contributed by atoms with van der Waals surface area (Å²) in [6.45, 7) is 6.90. The minimum absolute atomic E-state index is 0.175. The summed E-state index contributed by atoms with van der Waals surface area (Å²) < 4.78 is 0. The number of rotatable bonds is 5. The van der Waals surface area contributed by atoms with Crippen molar-refractivity contribution in [2.24, 2.45) is 5.92 Å². The van der Waals surface area contributed by atoms with Crippen molar-refractivity contribution < 1.29 is 14.7 Å². The lowest BCUT2D eigenvalue weighted by atomic mass is 9.92. The van der Waals surface area contributed by atoms with Crippen LogP contribution in [0.25, 0.3) is 0 Å². The topological polar surface area (TPSA) is 69.6 Å². The molecule has 2 unspecified atom stereocenters. The summed E-state index contributed by atoms with van der Waals surface area (Å²) >= 11 is 0. The van der Waals surface area contributed by atoms with Gasteiger partial charge in [0.15, 0.2) is 0 Å². The number of piperidine rings is 1. The number of carboxylic acid groups (broad SMARTS) is 1. The number of hydrogen-bond acceptors (Lipinski definition) is 2. The molecule has 19 heavy (non-hydrogen) atoms. The first-order chi connectivity index (χ1) is 8.97. The second-order valence-corrected chi connectivity index (χ2v) is 5.54. The highest BCUT2D eigenvalue weighted by molar-refractivity contribution is 5.82. The molecule has 0 bridgehead atoms. The van der Waals surface area contributed by atoms with Crippen LogP contribution in [0.2, 0.25) is 0 Å². The normalized spacial score (nSPS) is 24.9. The Morgan fingerprint density at radius 3 is 2.68 bits per heavy atom. The van der Waals surface area contributed by atoms with Gasteiger partial charge in [0.1, 0.15) is 6.04 Å². The molecule has 1 heterocycles. The van der Waals surface area contributed by atoms with Crippen LogP contribution in [-0.2, 0) is 4.79 Å². The minimum Gasteiger partial charge on any atom is -0.480 e. The highest BCUT2D eigenvalue weighted by atomic mass is 16.4. The number of carbonyl (C=O) groups is 2. The van der Waals surface area contributed by atoms with Crippen LogP contribution < -0.4 is 5.32 Å². The fourth-order valence-corrected chi connectivity index (χ4v) is 2.52. The molecule has 2 amide bonds. The van der Waals surface area contributed by atoms with Crippen LogP contribution in [0.3, 0.4) is 0 Å². The number of unbranched alkanes of at least 4 members (excludes halogenated alkanes) is 1. The molecule has 3 atom stereocenters. The number of hydrogen-bond donors (Lipinski definition) is 2. The molecular formula is C14H26N2O3. The molecule has 0 aromatic heterocycles. The molecule has 1 aliphatic heterocycles. The minimum atomic E-state index is -0.945. The SMILES string of the molecule is CCCC[C@H](NC(=O)N1CCCC(C)C1C)C(=O)O. The third-order valence-corrected chi connectivity index (χ3v) is 4.08. The number of amides is 2. The molecular weight excluding hydrogens is 244 g/mol. The maximum absolute atomic E-state index is 12.2. The molecule has 5 heteroatoms. The van der Waals surface area contributed by atoms with Gasteiger partial charge in [-0.2, -0.15) is 0 Å². The van der Waals surface area contributed by atoms with Gasteiger partial charge in [-0.25, -0.2) is 9.59 Å². The molecule has 0 aromatic rings. The van der Waals surface area contributed by atoms with Crippen molar-refractivity contribution in [1.29, 1.82) is 0 Å². The monoisotopic (exact) mass is 270 g/mol. The number of nitrogens with one attached hydrogen (secondary N) is 1. The van der Waals surface area contributed by atoms with Gasteiger partial charge in [-0.15, -0.1) is 0 Å². The summed E-state index contributed by atoms with van der Waals surface area (Å²) in [5, 5.41) is 11.8. The Hall–Kier alpha value is -1.26. The summed E-state index contributed by atoms with van der Waals surface area (Å²) in [6, 6.07) is -0.825. The Labute approximate surface area is 115 Å². The van der Waals surface area contributed by atoms with Crippen molar-refractivity contribution >= 4 is 12.0 Å². The van der Waals surface area contributed by atoms with E-state index in [4.69, 9.17) is 5.11 Å². The molecule has 2 N–H and O–H groups in total. The fourth-order valence-electron chi connectivity index (χ4n) is 2.52. The molecule has 1 fully saturated rings. The van der Waals surface area contributed by atoms with Crippen molar-refractivity contribution in [2.75, 3.05) is 6.54 Å². The van der Waals surface area contributed by atoms with E-state index in [0.29, 0.717) is 12.3 Å². The van der Waals surface area contributed by atoms with E-state index in [9.17, 15) is 9.59 Å². The van der Waals surface area contributed by atoms with E-state index in [0.717, 1.165) is 32.2 Å². The number of likely N-dealkylation sites (tertiary alicyclic amines) is 1.